The Morgan fingerprint density at radius 3 is 2.73 bits per heavy atom. The van der Waals surface area contributed by atoms with E-state index in [2.05, 4.69) is 50.2 Å². The van der Waals surface area contributed by atoms with E-state index in [4.69, 9.17) is 0 Å². The number of fused-ring (bicyclic) bond motifs is 5. The van der Waals surface area contributed by atoms with E-state index in [1.54, 1.807) is 5.57 Å². The molecule has 1 N–H and O–H groups in total. The first-order valence-corrected chi connectivity index (χ1v) is 10.7. The molecule has 26 heavy (non-hydrogen) atoms. The topological polar surface area (TPSA) is 33.1 Å². The maximum Gasteiger partial charge on any atom is 0.0628 e. The van der Waals surface area contributed by atoms with E-state index in [1.807, 2.05) is 6.20 Å². The van der Waals surface area contributed by atoms with Gasteiger partial charge in [0.05, 0.1) is 5.60 Å². The molecule has 0 amide bonds. The van der Waals surface area contributed by atoms with Crippen molar-refractivity contribution in [2.45, 2.75) is 71.3 Å². The summed E-state index contributed by atoms with van der Waals surface area (Å²) in [6.45, 7) is 7.12. The number of pyridine rings is 1. The van der Waals surface area contributed by atoms with Crippen molar-refractivity contribution in [2.75, 3.05) is 0 Å². The van der Waals surface area contributed by atoms with Crippen LogP contribution in [0.15, 0.2) is 30.6 Å². The third-order valence-electron chi connectivity index (χ3n) is 9.07. The summed E-state index contributed by atoms with van der Waals surface area (Å²) in [7, 11) is 0. The van der Waals surface area contributed by atoms with Gasteiger partial charge in [-0.3, -0.25) is 4.98 Å². The van der Waals surface area contributed by atoms with Crippen LogP contribution < -0.4 is 0 Å². The lowest BCUT2D eigenvalue weighted by Gasteiger charge is -2.57. The molecule has 3 saturated carbocycles. The second-order valence-electron chi connectivity index (χ2n) is 10.6. The zero-order valence-corrected chi connectivity index (χ0v) is 16.5. The lowest BCUT2D eigenvalue weighted by Crippen LogP contribution is -2.50. The molecule has 7 unspecified atom stereocenters. The van der Waals surface area contributed by atoms with Crippen LogP contribution in [-0.4, -0.2) is 15.7 Å². The number of aromatic nitrogens is 1. The Morgan fingerprint density at radius 1 is 1.12 bits per heavy atom. The zero-order chi connectivity index (χ0) is 18.2. The predicted octanol–water partition coefficient (Wildman–Crippen LogP) is 5.48. The van der Waals surface area contributed by atoms with E-state index >= 15 is 0 Å². The third-order valence-corrected chi connectivity index (χ3v) is 9.07. The summed E-state index contributed by atoms with van der Waals surface area (Å²) >= 11 is 0. The van der Waals surface area contributed by atoms with Crippen molar-refractivity contribution in [1.82, 2.24) is 4.98 Å². The van der Waals surface area contributed by atoms with E-state index in [-0.39, 0.29) is 0 Å². The van der Waals surface area contributed by atoms with Crippen LogP contribution in [0.5, 0.6) is 0 Å². The third kappa shape index (κ3) is 2.24. The lowest BCUT2D eigenvalue weighted by molar-refractivity contribution is -0.0682. The highest BCUT2D eigenvalue weighted by Gasteiger charge is 2.61. The summed E-state index contributed by atoms with van der Waals surface area (Å²) in [5.74, 6) is 3.14. The highest BCUT2D eigenvalue weighted by Crippen LogP contribution is 2.69. The molecule has 5 rings (SSSR count). The first kappa shape index (κ1) is 17.0. The van der Waals surface area contributed by atoms with Crippen LogP contribution in [0.2, 0.25) is 0 Å². The molecule has 4 aliphatic rings. The number of aliphatic hydroxyl groups is 1. The largest absolute Gasteiger partial charge is 0.390 e. The van der Waals surface area contributed by atoms with E-state index in [1.165, 1.54) is 37.7 Å². The van der Waals surface area contributed by atoms with Gasteiger partial charge >= 0.3 is 0 Å². The SMILES string of the molecule is CC1(O)CC2CCC3C4CC=C(c5cccnc5)C4(C)CCC3C2(C)C1. The summed E-state index contributed by atoms with van der Waals surface area (Å²) < 4.78 is 0. The molecule has 0 spiro atoms. The average molecular weight is 352 g/mol. The summed E-state index contributed by atoms with van der Waals surface area (Å²) in [4.78, 5) is 4.38. The van der Waals surface area contributed by atoms with E-state index in [0.29, 0.717) is 10.8 Å². The second kappa shape index (κ2) is 5.44. The van der Waals surface area contributed by atoms with Gasteiger partial charge in [-0.15, -0.1) is 0 Å². The molecular weight excluding hydrogens is 318 g/mol. The first-order valence-electron chi connectivity index (χ1n) is 10.7. The van der Waals surface area contributed by atoms with Crippen LogP contribution in [0.3, 0.4) is 0 Å². The monoisotopic (exact) mass is 351 g/mol. The molecule has 2 nitrogen and oxygen atoms in total. The minimum atomic E-state index is -0.441. The summed E-state index contributed by atoms with van der Waals surface area (Å²) in [6.07, 6.45) is 15.1. The van der Waals surface area contributed by atoms with Gasteiger partial charge in [0.2, 0.25) is 0 Å². The summed E-state index contributed by atoms with van der Waals surface area (Å²) in [6, 6.07) is 4.32. The number of hydrogen-bond donors (Lipinski definition) is 1. The van der Waals surface area contributed by atoms with Crippen LogP contribution in [0.4, 0.5) is 0 Å². The quantitative estimate of drug-likeness (QED) is 0.727. The Morgan fingerprint density at radius 2 is 1.96 bits per heavy atom. The van der Waals surface area contributed by atoms with Gasteiger partial charge in [-0.25, -0.2) is 0 Å². The Balaban J connectivity index is 1.46. The standard InChI is InChI=1S/C24H33NO/c1-22(26)13-17-6-7-18-20-9-8-19(16-5-4-12-25-14-16)23(20,2)11-10-21(18)24(17,3)15-22/h4-5,8,12,14,17-18,20-21,26H,6-7,9-11,13,15H2,1-3H3. The maximum atomic E-state index is 10.8. The normalized spacial score (nSPS) is 49.9. The van der Waals surface area contributed by atoms with Crippen molar-refractivity contribution >= 4 is 5.57 Å². The van der Waals surface area contributed by atoms with Gasteiger partial charge in [0.1, 0.15) is 0 Å². The van der Waals surface area contributed by atoms with E-state index in [0.717, 1.165) is 36.5 Å². The Labute approximate surface area is 158 Å². The maximum absolute atomic E-state index is 10.8. The van der Waals surface area contributed by atoms with Crippen LogP contribution in [0.1, 0.15) is 71.3 Å². The van der Waals surface area contributed by atoms with Gasteiger partial charge in [-0.2, -0.15) is 0 Å². The van der Waals surface area contributed by atoms with Gasteiger partial charge in [-0.05, 0) is 104 Å². The molecule has 1 aromatic heterocycles. The molecule has 3 fully saturated rings. The fourth-order valence-corrected chi connectivity index (χ4v) is 8.11. The zero-order valence-electron chi connectivity index (χ0n) is 16.5. The number of rotatable bonds is 1. The number of nitrogens with zero attached hydrogens (tertiary/aromatic N) is 1. The summed E-state index contributed by atoms with van der Waals surface area (Å²) in [5, 5.41) is 10.8. The van der Waals surface area contributed by atoms with E-state index < -0.39 is 5.60 Å². The molecule has 4 aliphatic carbocycles. The Bertz CT molecular complexity index is 738. The van der Waals surface area contributed by atoms with Gasteiger partial charge in [-0.1, -0.05) is 26.0 Å². The second-order valence-corrected chi connectivity index (χ2v) is 10.6. The summed E-state index contributed by atoms with van der Waals surface area (Å²) in [5.41, 5.74) is 3.11. The first-order chi connectivity index (χ1) is 12.3. The van der Waals surface area contributed by atoms with Crippen molar-refractivity contribution in [3.63, 3.8) is 0 Å². The average Bonchev–Trinajstić information content (AvgIpc) is 3.07. The van der Waals surface area contributed by atoms with Gasteiger partial charge < -0.3 is 5.11 Å². The molecule has 2 heteroatoms. The van der Waals surface area contributed by atoms with Crippen molar-refractivity contribution < 1.29 is 5.11 Å². The van der Waals surface area contributed by atoms with Gasteiger partial charge in [0.25, 0.3) is 0 Å². The molecule has 1 aromatic rings. The smallest absolute Gasteiger partial charge is 0.0628 e. The number of allylic oxidation sites excluding steroid dienone is 2. The minimum absolute atomic E-state index is 0.314. The minimum Gasteiger partial charge on any atom is -0.390 e. The molecule has 0 radical (unpaired) electrons. The fraction of sp³-hybridized carbons (Fsp3) is 0.708. The highest BCUT2D eigenvalue weighted by molar-refractivity contribution is 5.72. The molecular formula is C24H33NO. The molecule has 7 atom stereocenters. The van der Waals surface area contributed by atoms with Crippen molar-refractivity contribution in [2.24, 2.45) is 34.5 Å². The van der Waals surface area contributed by atoms with Crippen LogP contribution in [0.25, 0.3) is 5.57 Å². The molecule has 140 valence electrons. The molecule has 0 aromatic carbocycles. The van der Waals surface area contributed by atoms with Crippen molar-refractivity contribution in [1.29, 1.82) is 0 Å². The molecule has 1 heterocycles. The van der Waals surface area contributed by atoms with Crippen LogP contribution in [0, 0.1) is 34.5 Å². The Hall–Kier alpha value is -1.15. The Kier molecular flexibility index (Phi) is 3.55. The lowest BCUT2D eigenvalue weighted by atomic mass is 9.47. The molecule has 0 aliphatic heterocycles. The molecule has 0 bridgehead atoms. The highest BCUT2D eigenvalue weighted by atomic mass is 16.3. The van der Waals surface area contributed by atoms with Crippen LogP contribution >= 0.6 is 0 Å². The van der Waals surface area contributed by atoms with Crippen LogP contribution in [-0.2, 0) is 0 Å². The number of hydrogen-bond acceptors (Lipinski definition) is 2. The van der Waals surface area contributed by atoms with Gasteiger partial charge in [0.15, 0.2) is 0 Å². The van der Waals surface area contributed by atoms with Gasteiger partial charge in [0, 0.05) is 12.4 Å². The molecule has 0 saturated heterocycles. The fourth-order valence-electron chi connectivity index (χ4n) is 8.11. The van der Waals surface area contributed by atoms with Crippen molar-refractivity contribution in [3.05, 3.63) is 36.2 Å². The van der Waals surface area contributed by atoms with Crippen molar-refractivity contribution in [3.8, 4) is 0 Å². The van der Waals surface area contributed by atoms with E-state index in [9.17, 15) is 5.11 Å². The predicted molar refractivity (Wildman–Crippen MR) is 105 cm³/mol.